The van der Waals surface area contributed by atoms with E-state index < -0.39 is 14.8 Å². The number of hydrogen-bond acceptors (Lipinski definition) is 2. The minimum absolute atomic E-state index is 0.358. The van der Waals surface area contributed by atoms with Gasteiger partial charge in [-0.1, -0.05) is 19.3 Å². The van der Waals surface area contributed by atoms with E-state index in [0.717, 1.165) is 25.7 Å². The van der Waals surface area contributed by atoms with Crippen LogP contribution in [0.2, 0.25) is 0 Å². The molecule has 0 saturated heterocycles. The predicted molar refractivity (Wildman–Crippen MR) is 51.6 cm³/mol. The molecule has 76 valence electrons. The molecule has 0 aliphatic heterocycles. The quantitative estimate of drug-likeness (QED) is 0.737. The molecule has 13 heavy (non-hydrogen) atoms. The van der Waals surface area contributed by atoms with E-state index >= 15 is 0 Å². The Morgan fingerprint density at radius 3 is 2.00 bits per heavy atom. The van der Waals surface area contributed by atoms with Crippen LogP contribution in [0.1, 0.15) is 44.9 Å². The van der Waals surface area contributed by atoms with Gasteiger partial charge in [-0.05, 0) is 31.6 Å². The molecule has 2 aliphatic rings. The molecule has 0 atom stereocenters. The highest BCUT2D eigenvalue weighted by Crippen LogP contribution is 2.52. The van der Waals surface area contributed by atoms with Crippen LogP contribution in [-0.4, -0.2) is 13.2 Å². The number of nitrogens with two attached hydrogens (primary N) is 1. The Morgan fingerprint density at radius 2 is 1.62 bits per heavy atom. The van der Waals surface area contributed by atoms with Crippen molar-refractivity contribution >= 4 is 10.0 Å². The predicted octanol–water partition coefficient (Wildman–Crippen LogP) is 1.39. The minimum atomic E-state index is -3.29. The highest BCUT2D eigenvalue weighted by Gasteiger charge is 2.57. The van der Waals surface area contributed by atoms with E-state index in [0.29, 0.717) is 5.92 Å². The van der Waals surface area contributed by atoms with E-state index in [2.05, 4.69) is 0 Å². The Morgan fingerprint density at radius 1 is 1.08 bits per heavy atom. The highest BCUT2D eigenvalue weighted by atomic mass is 32.2. The standard InChI is InChI=1S/C9H17NO2S/c10-13(11,12)9(6-7-9)8-4-2-1-3-5-8/h8H,1-7H2,(H2,10,11,12). The zero-order valence-electron chi connectivity index (χ0n) is 7.83. The summed E-state index contributed by atoms with van der Waals surface area (Å²) < 4.78 is 22.3. The average Bonchev–Trinajstić information content (AvgIpc) is 2.84. The molecule has 0 aromatic heterocycles. The molecule has 2 N–H and O–H groups in total. The van der Waals surface area contributed by atoms with E-state index in [9.17, 15) is 8.42 Å². The Hall–Kier alpha value is -0.0900. The first kappa shape index (κ1) is 9.46. The van der Waals surface area contributed by atoms with Gasteiger partial charge in [-0.2, -0.15) is 0 Å². The van der Waals surface area contributed by atoms with Gasteiger partial charge in [0.15, 0.2) is 0 Å². The molecule has 0 spiro atoms. The van der Waals surface area contributed by atoms with E-state index in [1.807, 2.05) is 0 Å². The SMILES string of the molecule is NS(=O)(=O)C1(C2CCCCC2)CC1. The maximum absolute atomic E-state index is 11.4. The highest BCUT2D eigenvalue weighted by molar-refractivity contribution is 7.90. The minimum Gasteiger partial charge on any atom is -0.228 e. The first-order valence-corrected chi connectivity index (χ1v) is 6.63. The zero-order valence-corrected chi connectivity index (χ0v) is 8.65. The lowest BCUT2D eigenvalue weighted by Crippen LogP contribution is -2.38. The van der Waals surface area contributed by atoms with Crippen LogP contribution in [0.4, 0.5) is 0 Å². The van der Waals surface area contributed by atoms with Crippen molar-refractivity contribution in [2.45, 2.75) is 49.7 Å². The third-order valence-corrected chi connectivity index (χ3v) is 5.53. The van der Waals surface area contributed by atoms with Gasteiger partial charge < -0.3 is 0 Å². The topological polar surface area (TPSA) is 60.2 Å². The molecule has 0 aromatic rings. The maximum Gasteiger partial charge on any atom is 0.215 e. The van der Waals surface area contributed by atoms with Gasteiger partial charge in [0.2, 0.25) is 10.0 Å². The van der Waals surface area contributed by atoms with Crippen LogP contribution < -0.4 is 5.14 Å². The van der Waals surface area contributed by atoms with Crippen LogP contribution in [0, 0.1) is 5.92 Å². The van der Waals surface area contributed by atoms with Crippen LogP contribution in [0.15, 0.2) is 0 Å². The third kappa shape index (κ3) is 1.50. The Kier molecular flexibility index (Phi) is 2.15. The number of primary sulfonamides is 1. The molecule has 2 rings (SSSR count). The largest absolute Gasteiger partial charge is 0.228 e. The zero-order chi connectivity index (χ0) is 9.53. The van der Waals surface area contributed by atoms with Gasteiger partial charge in [0, 0.05) is 0 Å². The summed E-state index contributed by atoms with van der Waals surface area (Å²) in [5.74, 6) is 0.358. The van der Waals surface area contributed by atoms with Crippen LogP contribution in [0.5, 0.6) is 0 Å². The lowest BCUT2D eigenvalue weighted by Gasteiger charge is -2.28. The summed E-state index contributed by atoms with van der Waals surface area (Å²) in [5, 5.41) is 5.28. The second-order valence-electron chi connectivity index (χ2n) is 4.44. The summed E-state index contributed by atoms with van der Waals surface area (Å²) >= 11 is 0. The molecule has 0 aromatic carbocycles. The lowest BCUT2D eigenvalue weighted by atomic mass is 9.85. The van der Waals surface area contributed by atoms with Gasteiger partial charge in [-0.3, -0.25) is 0 Å². The Bertz CT molecular complexity index is 287. The van der Waals surface area contributed by atoms with Crippen LogP contribution in [0.3, 0.4) is 0 Å². The van der Waals surface area contributed by atoms with Gasteiger partial charge in [-0.25, -0.2) is 13.6 Å². The molecular formula is C9H17NO2S. The third-order valence-electron chi connectivity index (χ3n) is 3.66. The van der Waals surface area contributed by atoms with Crippen molar-refractivity contribution in [1.29, 1.82) is 0 Å². The second-order valence-corrected chi connectivity index (χ2v) is 6.35. The molecule has 2 aliphatic carbocycles. The first-order chi connectivity index (χ1) is 6.06. The smallest absolute Gasteiger partial charge is 0.215 e. The van der Waals surface area contributed by atoms with E-state index in [1.165, 1.54) is 19.3 Å². The summed E-state index contributed by atoms with van der Waals surface area (Å²) in [4.78, 5) is 0. The molecule has 0 radical (unpaired) electrons. The van der Waals surface area contributed by atoms with Crippen molar-refractivity contribution in [2.75, 3.05) is 0 Å². The Balaban J connectivity index is 2.15. The summed E-state index contributed by atoms with van der Waals surface area (Å²) in [6.45, 7) is 0. The van der Waals surface area contributed by atoms with Crippen LogP contribution >= 0.6 is 0 Å². The van der Waals surface area contributed by atoms with Crippen LogP contribution in [-0.2, 0) is 10.0 Å². The molecule has 4 heteroatoms. The molecule has 2 fully saturated rings. The maximum atomic E-state index is 11.4. The van der Waals surface area contributed by atoms with Crippen molar-refractivity contribution in [1.82, 2.24) is 0 Å². The van der Waals surface area contributed by atoms with E-state index in [-0.39, 0.29) is 0 Å². The number of hydrogen-bond donors (Lipinski definition) is 1. The van der Waals surface area contributed by atoms with Crippen LogP contribution in [0.25, 0.3) is 0 Å². The fourth-order valence-electron chi connectivity index (χ4n) is 2.68. The monoisotopic (exact) mass is 203 g/mol. The second kappa shape index (κ2) is 2.95. The molecule has 0 bridgehead atoms. The number of rotatable bonds is 2. The lowest BCUT2D eigenvalue weighted by molar-refractivity contribution is 0.331. The normalized spacial score (nSPS) is 28.7. The van der Waals surface area contributed by atoms with Gasteiger partial charge in [-0.15, -0.1) is 0 Å². The van der Waals surface area contributed by atoms with Crippen molar-refractivity contribution in [3.63, 3.8) is 0 Å². The fourth-order valence-corrected chi connectivity index (χ4v) is 4.05. The van der Waals surface area contributed by atoms with Crippen molar-refractivity contribution in [3.05, 3.63) is 0 Å². The molecule has 0 unspecified atom stereocenters. The molecule has 0 heterocycles. The molecular weight excluding hydrogens is 186 g/mol. The summed E-state index contributed by atoms with van der Waals surface area (Å²) in [6, 6.07) is 0. The summed E-state index contributed by atoms with van der Waals surface area (Å²) in [6.07, 6.45) is 7.36. The molecule has 2 saturated carbocycles. The Labute approximate surface area is 79.7 Å². The van der Waals surface area contributed by atoms with Gasteiger partial charge in [0.1, 0.15) is 0 Å². The summed E-state index contributed by atoms with van der Waals surface area (Å²) in [7, 11) is -3.29. The van der Waals surface area contributed by atoms with Gasteiger partial charge in [0.25, 0.3) is 0 Å². The van der Waals surface area contributed by atoms with E-state index in [1.54, 1.807) is 0 Å². The van der Waals surface area contributed by atoms with Crippen molar-refractivity contribution in [2.24, 2.45) is 11.1 Å². The molecule has 0 amide bonds. The fraction of sp³-hybridized carbons (Fsp3) is 1.00. The van der Waals surface area contributed by atoms with Gasteiger partial charge in [0.05, 0.1) is 4.75 Å². The van der Waals surface area contributed by atoms with E-state index in [4.69, 9.17) is 5.14 Å². The first-order valence-electron chi connectivity index (χ1n) is 5.09. The summed E-state index contributed by atoms with van der Waals surface area (Å²) in [5.41, 5.74) is 0. The van der Waals surface area contributed by atoms with Crippen molar-refractivity contribution in [3.8, 4) is 0 Å². The molecule has 3 nitrogen and oxygen atoms in total. The van der Waals surface area contributed by atoms with Crippen molar-refractivity contribution < 1.29 is 8.42 Å². The van der Waals surface area contributed by atoms with Gasteiger partial charge >= 0.3 is 0 Å². The average molecular weight is 203 g/mol. The number of sulfonamides is 1.